The van der Waals surface area contributed by atoms with E-state index in [0.29, 0.717) is 6.54 Å². The first kappa shape index (κ1) is 15.0. The minimum absolute atomic E-state index is 0.151. The van der Waals surface area contributed by atoms with E-state index < -0.39 is 0 Å². The zero-order chi connectivity index (χ0) is 14.4. The van der Waals surface area contributed by atoms with Gasteiger partial charge in [0.25, 0.3) is 0 Å². The SMILES string of the molecule is CCCC1(C(=O)NCCc2nccn2C)CCNCC1. The van der Waals surface area contributed by atoms with Gasteiger partial charge < -0.3 is 15.2 Å². The lowest BCUT2D eigenvalue weighted by Crippen LogP contribution is -2.48. The Morgan fingerprint density at radius 1 is 1.50 bits per heavy atom. The van der Waals surface area contributed by atoms with Crippen molar-refractivity contribution in [2.75, 3.05) is 19.6 Å². The Hall–Kier alpha value is -1.36. The maximum Gasteiger partial charge on any atom is 0.226 e. The van der Waals surface area contributed by atoms with Gasteiger partial charge in [0.05, 0.1) is 5.41 Å². The van der Waals surface area contributed by atoms with E-state index in [0.717, 1.165) is 51.0 Å². The van der Waals surface area contributed by atoms with Crippen molar-refractivity contribution in [1.82, 2.24) is 20.2 Å². The number of carbonyl (C=O) groups excluding carboxylic acids is 1. The first-order valence-electron chi connectivity index (χ1n) is 7.63. The summed E-state index contributed by atoms with van der Waals surface area (Å²) in [6, 6.07) is 0. The number of hydrogen-bond acceptors (Lipinski definition) is 3. The van der Waals surface area contributed by atoms with Crippen molar-refractivity contribution in [3.05, 3.63) is 18.2 Å². The summed E-state index contributed by atoms with van der Waals surface area (Å²) in [7, 11) is 1.98. The molecule has 0 spiro atoms. The molecule has 1 fully saturated rings. The number of nitrogens with zero attached hydrogens (tertiary/aromatic N) is 2. The number of nitrogens with one attached hydrogen (secondary N) is 2. The summed E-state index contributed by atoms with van der Waals surface area (Å²) < 4.78 is 2.00. The van der Waals surface area contributed by atoms with E-state index in [1.54, 1.807) is 6.20 Å². The summed E-state index contributed by atoms with van der Waals surface area (Å²) in [5.74, 6) is 1.25. The van der Waals surface area contributed by atoms with Crippen LogP contribution in [-0.4, -0.2) is 35.1 Å². The molecule has 0 atom stereocenters. The van der Waals surface area contributed by atoms with E-state index in [1.165, 1.54) is 0 Å². The molecule has 1 saturated heterocycles. The number of amides is 1. The van der Waals surface area contributed by atoms with E-state index in [9.17, 15) is 4.79 Å². The molecule has 0 aliphatic carbocycles. The fourth-order valence-corrected chi connectivity index (χ4v) is 3.09. The lowest BCUT2D eigenvalue weighted by Gasteiger charge is -2.36. The second kappa shape index (κ2) is 6.88. The van der Waals surface area contributed by atoms with Crippen LogP contribution in [0, 0.1) is 5.41 Å². The zero-order valence-corrected chi connectivity index (χ0v) is 12.6. The number of piperidine rings is 1. The lowest BCUT2D eigenvalue weighted by atomic mass is 9.74. The molecular weight excluding hydrogens is 252 g/mol. The first-order chi connectivity index (χ1) is 9.68. The maximum absolute atomic E-state index is 12.6. The normalized spacial score (nSPS) is 17.9. The van der Waals surface area contributed by atoms with Gasteiger partial charge in [0.1, 0.15) is 5.82 Å². The summed E-state index contributed by atoms with van der Waals surface area (Å²) in [4.78, 5) is 16.8. The van der Waals surface area contributed by atoms with E-state index in [1.807, 2.05) is 17.8 Å². The number of hydrogen-bond donors (Lipinski definition) is 2. The van der Waals surface area contributed by atoms with Crippen LogP contribution in [0.25, 0.3) is 0 Å². The molecule has 0 aromatic carbocycles. The van der Waals surface area contributed by atoms with Crippen LogP contribution in [0.5, 0.6) is 0 Å². The van der Waals surface area contributed by atoms with E-state index in [4.69, 9.17) is 0 Å². The zero-order valence-electron chi connectivity index (χ0n) is 12.6. The summed E-state index contributed by atoms with van der Waals surface area (Å²) in [6.45, 7) is 4.73. The standard InChI is InChI=1S/C15H26N4O/c1-3-5-15(6-9-16-10-7-15)14(20)18-8-4-13-17-11-12-19(13)2/h11-12,16H,3-10H2,1-2H3,(H,18,20). The second-order valence-corrected chi connectivity index (χ2v) is 5.74. The molecule has 1 aliphatic rings. The fraction of sp³-hybridized carbons (Fsp3) is 0.733. The topological polar surface area (TPSA) is 59.0 Å². The predicted molar refractivity (Wildman–Crippen MR) is 79.4 cm³/mol. The summed E-state index contributed by atoms with van der Waals surface area (Å²) >= 11 is 0. The van der Waals surface area contributed by atoms with Crippen molar-refractivity contribution in [1.29, 1.82) is 0 Å². The smallest absolute Gasteiger partial charge is 0.226 e. The molecule has 2 heterocycles. The highest BCUT2D eigenvalue weighted by atomic mass is 16.2. The number of rotatable bonds is 6. The van der Waals surface area contributed by atoms with Gasteiger partial charge >= 0.3 is 0 Å². The Morgan fingerprint density at radius 3 is 2.85 bits per heavy atom. The van der Waals surface area contributed by atoms with Crippen LogP contribution in [0.15, 0.2) is 12.4 Å². The van der Waals surface area contributed by atoms with Gasteiger partial charge in [-0.05, 0) is 32.4 Å². The largest absolute Gasteiger partial charge is 0.355 e. The summed E-state index contributed by atoms with van der Waals surface area (Å²) in [6.07, 6.45) is 8.47. The fourth-order valence-electron chi connectivity index (χ4n) is 3.09. The van der Waals surface area contributed by atoms with E-state index in [-0.39, 0.29) is 11.3 Å². The van der Waals surface area contributed by atoms with Gasteiger partial charge in [-0.3, -0.25) is 4.79 Å². The first-order valence-corrected chi connectivity index (χ1v) is 7.63. The lowest BCUT2D eigenvalue weighted by molar-refractivity contribution is -0.133. The molecule has 5 heteroatoms. The van der Waals surface area contributed by atoms with Crippen LogP contribution in [-0.2, 0) is 18.3 Å². The molecule has 112 valence electrons. The average Bonchev–Trinajstić information content (AvgIpc) is 2.86. The van der Waals surface area contributed by atoms with Gasteiger partial charge in [0.15, 0.2) is 0 Å². The Balaban J connectivity index is 1.87. The monoisotopic (exact) mass is 278 g/mol. The van der Waals surface area contributed by atoms with Gasteiger partial charge in [-0.1, -0.05) is 13.3 Å². The van der Waals surface area contributed by atoms with E-state index >= 15 is 0 Å². The van der Waals surface area contributed by atoms with Crippen LogP contribution in [0.2, 0.25) is 0 Å². The molecule has 0 radical (unpaired) electrons. The highest BCUT2D eigenvalue weighted by Gasteiger charge is 2.38. The van der Waals surface area contributed by atoms with Crippen molar-refractivity contribution in [2.45, 2.75) is 39.0 Å². The number of aryl methyl sites for hydroxylation is 1. The molecule has 2 rings (SSSR count). The van der Waals surface area contributed by atoms with Gasteiger partial charge in [-0.15, -0.1) is 0 Å². The van der Waals surface area contributed by atoms with Crippen molar-refractivity contribution in [2.24, 2.45) is 12.5 Å². The molecule has 5 nitrogen and oxygen atoms in total. The molecule has 1 aromatic rings. The van der Waals surface area contributed by atoms with Gasteiger partial charge in [-0.25, -0.2) is 4.98 Å². The molecule has 0 saturated carbocycles. The third kappa shape index (κ3) is 3.39. The maximum atomic E-state index is 12.6. The van der Waals surface area contributed by atoms with Crippen molar-refractivity contribution >= 4 is 5.91 Å². The Labute approximate surface area is 121 Å². The van der Waals surface area contributed by atoms with Crippen molar-refractivity contribution < 1.29 is 4.79 Å². The Bertz CT molecular complexity index is 429. The quantitative estimate of drug-likeness (QED) is 0.823. The molecule has 1 aliphatic heterocycles. The number of imidazole rings is 1. The molecule has 0 unspecified atom stereocenters. The Morgan fingerprint density at radius 2 is 2.25 bits per heavy atom. The second-order valence-electron chi connectivity index (χ2n) is 5.74. The summed E-state index contributed by atoms with van der Waals surface area (Å²) in [5.41, 5.74) is -0.151. The highest BCUT2D eigenvalue weighted by Crippen LogP contribution is 2.34. The van der Waals surface area contributed by atoms with Crippen LogP contribution in [0.3, 0.4) is 0 Å². The van der Waals surface area contributed by atoms with Gasteiger partial charge in [0.2, 0.25) is 5.91 Å². The summed E-state index contributed by atoms with van der Waals surface area (Å²) in [5, 5.41) is 6.47. The minimum Gasteiger partial charge on any atom is -0.355 e. The number of carbonyl (C=O) groups is 1. The van der Waals surface area contributed by atoms with Crippen LogP contribution >= 0.6 is 0 Å². The van der Waals surface area contributed by atoms with Crippen molar-refractivity contribution in [3.8, 4) is 0 Å². The minimum atomic E-state index is -0.151. The molecule has 1 aromatic heterocycles. The highest BCUT2D eigenvalue weighted by molar-refractivity contribution is 5.82. The van der Waals surface area contributed by atoms with E-state index in [2.05, 4.69) is 22.5 Å². The molecule has 1 amide bonds. The van der Waals surface area contributed by atoms with Crippen LogP contribution < -0.4 is 10.6 Å². The third-order valence-electron chi connectivity index (χ3n) is 4.33. The van der Waals surface area contributed by atoms with Crippen LogP contribution in [0.4, 0.5) is 0 Å². The predicted octanol–water partition coefficient (Wildman–Crippen LogP) is 1.25. The molecule has 20 heavy (non-hydrogen) atoms. The molecule has 2 N–H and O–H groups in total. The third-order valence-corrected chi connectivity index (χ3v) is 4.33. The van der Waals surface area contributed by atoms with Gasteiger partial charge in [-0.2, -0.15) is 0 Å². The molecular formula is C15H26N4O. The van der Waals surface area contributed by atoms with Gasteiger partial charge in [0, 0.05) is 32.4 Å². The van der Waals surface area contributed by atoms with Crippen LogP contribution in [0.1, 0.15) is 38.4 Å². The Kier molecular flexibility index (Phi) is 5.17. The average molecular weight is 278 g/mol. The number of aromatic nitrogens is 2. The van der Waals surface area contributed by atoms with Crippen molar-refractivity contribution in [3.63, 3.8) is 0 Å². The molecule has 0 bridgehead atoms.